The molecule has 0 N–H and O–H groups in total. The van der Waals surface area contributed by atoms with Gasteiger partial charge >= 0.3 is 0 Å². The van der Waals surface area contributed by atoms with Crippen LogP contribution >= 0.6 is 0 Å². The average Bonchev–Trinajstić information content (AvgIpc) is 3.23. The van der Waals surface area contributed by atoms with Gasteiger partial charge in [0.1, 0.15) is 0 Å². The third kappa shape index (κ3) is 2.73. The van der Waals surface area contributed by atoms with Crippen molar-refractivity contribution in [1.29, 1.82) is 0 Å². The van der Waals surface area contributed by atoms with Gasteiger partial charge in [0, 0.05) is 16.2 Å². The van der Waals surface area contributed by atoms with Crippen molar-refractivity contribution >= 4 is 43.4 Å². The summed E-state index contributed by atoms with van der Waals surface area (Å²) in [6.07, 6.45) is 0. The predicted molar refractivity (Wildman–Crippen MR) is 141 cm³/mol. The molecular weight excluding hydrogens is 398 g/mol. The van der Waals surface area contributed by atoms with Crippen LogP contribution in [0.15, 0.2) is 127 Å². The van der Waals surface area contributed by atoms with E-state index in [1.807, 2.05) is 0 Å². The Bertz CT molecular complexity index is 1800. The van der Waals surface area contributed by atoms with Crippen molar-refractivity contribution in [2.45, 2.75) is 0 Å². The first-order valence-corrected chi connectivity index (χ1v) is 11.4. The van der Waals surface area contributed by atoms with Gasteiger partial charge in [0.05, 0.1) is 16.7 Å². The molecule has 0 aliphatic carbocycles. The van der Waals surface area contributed by atoms with Crippen LogP contribution in [-0.2, 0) is 0 Å². The van der Waals surface area contributed by atoms with Crippen LogP contribution in [0, 0.1) is 0 Å². The van der Waals surface area contributed by atoms with Crippen molar-refractivity contribution in [1.82, 2.24) is 4.57 Å². The molecule has 0 aliphatic rings. The predicted octanol–water partition coefficient (Wildman–Crippen LogP) is 8.76. The molecule has 7 rings (SSSR count). The Morgan fingerprint density at radius 2 is 1.09 bits per heavy atom. The lowest BCUT2D eigenvalue weighted by atomic mass is 9.98. The molecule has 0 atom stereocenters. The fourth-order valence-electron chi connectivity index (χ4n) is 5.26. The molecule has 1 nitrogen and oxygen atoms in total. The lowest BCUT2D eigenvalue weighted by Gasteiger charge is -2.12. The Balaban J connectivity index is 1.64. The molecule has 0 spiro atoms. The molecule has 33 heavy (non-hydrogen) atoms. The van der Waals surface area contributed by atoms with Gasteiger partial charge in [-0.15, -0.1) is 0 Å². The molecule has 1 heteroatoms. The number of hydrogen-bond acceptors (Lipinski definition) is 0. The van der Waals surface area contributed by atoms with E-state index in [9.17, 15) is 0 Å². The van der Waals surface area contributed by atoms with E-state index in [0.717, 1.165) is 0 Å². The van der Waals surface area contributed by atoms with E-state index in [1.54, 1.807) is 0 Å². The minimum absolute atomic E-state index is 1.22. The van der Waals surface area contributed by atoms with E-state index < -0.39 is 0 Å². The maximum absolute atomic E-state index is 2.43. The van der Waals surface area contributed by atoms with Gasteiger partial charge in [-0.1, -0.05) is 103 Å². The quantitative estimate of drug-likeness (QED) is 0.264. The fourth-order valence-corrected chi connectivity index (χ4v) is 5.26. The van der Waals surface area contributed by atoms with Crippen LogP contribution in [0.5, 0.6) is 0 Å². The summed E-state index contributed by atoms with van der Waals surface area (Å²) in [5.74, 6) is 0. The minimum Gasteiger partial charge on any atom is -0.309 e. The average molecular weight is 420 g/mol. The summed E-state index contributed by atoms with van der Waals surface area (Å²) in [5.41, 5.74) is 6.19. The smallest absolute Gasteiger partial charge is 0.0547 e. The summed E-state index contributed by atoms with van der Waals surface area (Å²) in [6, 6.07) is 46.0. The molecule has 0 aliphatic heterocycles. The second-order valence-electron chi connectivity index (χ2n) is 8.61. The summed E-state index contributed by atoms with van der Waals surface area (Å²) < 4.78 is 2.43. The summed E-state index contributed by atoms with van der Waals surface area (Å²) in [4.78, 5) is 0. The Morgan fingerprint density at radius 1 is 0.394 bits per heavy atom. The SMILES string of the molecule is c1ccc(-c2ccc3ccc4c(c3c2)c2ccccc2n4-c2cccc3ccccc23)cc1. The standard InChI is InChI=1S/C32H21N/c1-2-9-22(10-3-1)25-18-17-24-19-20-31-32(28(24)21-25)27-14-6-7-15-30(27)33(31)29-16-8-12-23-11-4-5-13-26(23)29/h1-21H. The third-order valence-electron chi connectivity index (χ3n) is 6.77. The van der Waals surface area contributed by atoms with E-state index in [2.05, 4.69) is 132 Å². The Kier molecular flexibility index (Phi) is 3.91. The first kappa shape index (κ1) is 18.2. The zero-order valence-corrected chi connectivity index (χ0v) is 18.1. The number of hydrogen-bond donors (Lipinski definition) is 0. The van der Waals surface area contributed by atoms with E-state index >= 15 is 0 Å². The minimum atomic E-state index is 1.22. The van der Waals surface area contributed by atoms with Crippen molar-refractivity contribution in [3.8, 4) is 16.8 Å². The highest BCUT2D eigenvalue weighted by atomic mass is 15.0. The first-order valence-electron chi connectivity index (χ1n) is 11.4. The molecule has 0 saturated carbocycles. The molecular formula is C32H21N. The van der Waals surface area contributed by atoms with Crippen molar-refractivity contribution in [2.24, 2.45) is 0 Å². The van der Waals surface area contributed by atoms with E-state index in [0.29, 0.717) is 0 Å². The van der Waals surface area contributed by atoms with Gasteiger partial charge < -0.3 is 4.57 Å². The maximum atomic E-state index is 2.43. The van der Waals surface area contributed by atoms with Crippen LogP contribution in [0.25, 0.3) is 60.2 Å². The van der Waals surface area contributed by atoms with Gasteiger partial charge in [-0.25, -0.2) is 0 Å². The van der Waals surface area contributed by atoms with Crippen LogP contribution in [0.2, 0.25) is 0 Å². The molecule has 1 aromatic heterocycles. The summed E-state index contributed by atoms with van der Waals surface area (Å²) in [7, 11) is 0. The highest BCUT2D eigenvalue weighted by Gasteiger charge is 2.16. The Labute approximate surface area is 192 Å². The summed E-state index contributed by atoms with van der Waals surface area (Å²) in [5, 5.41) is 7.69. The lowest BCUT2D eigenvalue weighted by molar-refractivity contribution is 1.20. The number of nitrogens with zero attached hydrogens (tertiary/aromatic N) is 1. The van der Waals surface area contributed by atoms with Crippen LogP contribution in [0.3, 0.4) is 0 Å². The van der Waals surface area contributed by atoms with Gasteiger partial charge in [-0.05, 0) is 51.6 Å². The van der Waals surface area contributed by atoms with Crippen LogP contribution in [0.1, 0.15) is 0 Å². The summed E-state index contributed by atoms with van der Waals surface area (Å²) in [6.45, 7) is 0. The third-order valence-corrected chi connectivity index (χ3v) is 6.77. The molecule has 0 radical (unpaired) electrons. The molecule has 0 bridgehead atoms. The summed E-state index contributed by atoms with van der Waals surface area (Å²) >= 11 is 0. The molecule has 0 unspecified atom stereocenters. The van der Waals surface area contributed by atoms with Gasteiger partial charge in [0.25, 0.3) is 0 Å². The van der Waals surface area contributed by atoms with E-state index in [1.165, 1.54) is 60.2 Å². The topological polar surface area (TPSA) is 4.93 Å². The number of aromatic nitrogens is 1. The molecule has 154 valence electrons. The molecule has 0 fully saturated rings. The van der Waals surface area contributed by atoms with Gasteiger partial charge in [0.2, 0.25) is 0 Å². The first-order chi connectivity index (χ1) is 16.4. The van der Waals surface area contributed by atoms with Gasteiger partial charge in [-0.3, -0.25) is 0 Å². The number of rotatable bonds is 2. The lowest BCUT2D eigenvalue weighted by Crippen LogP contribution is -1.95. The Hall–Kier alpha value is -4.36. The number of benzene rings is 6. The molecule has 7 aromatic rings. The van der Waals surface area contributed by atoms with Crippen molar-refractivity contribution in [2.75, 3.05) is 0 Å². The highest BCUT2D eigenvalue weighted by molar-refractivity contribution is 6.22. The van der Waals surface area contributed by atoms with Crippen LogP contribution in [0.4, 0.5) is 0 Å². The second-order valence-corrected chi connectivity index (χ2v) is 8.61. The van der Waals surface area contributed by atoms with E-state index in [-0.39, 0.29) is 0 Å². The molecule has 0 amide bonds. The van der Waals surface area contributed by atoms with Crippen molar-refractivity contribution in [3.63, 3.8) is 0 Å². The van der Waals surface area contributed by atoms with E-state index in [4.69, 9.17) is 0 Å². The monoisotopic (exact) mass is 419 g/mol. The van der Waals surface area contributed by atoms with Crippen LogP contribution < -0.4 is 0 Å². The maximum Gasteiger partial charge on any atom is 0.0547 e. The highest BCUT2D eigenvalue weighted by Crippen LogP contribution is 2.39. The zero-order chi connectivity index (χ0) is 21.8. The number of para-hydroxylation sites is 1. The molecule has 1 heterocycles. The molecule has 6 aromatic carbocycles. The normalized spacial score (nSPS) is 11.6. The van der Waals surface area contributed by atoms with Gasteiger partial charge in [0.15, 0.2) is 0 Å². The van der Waals surface area contributed by atoms with Crippen molar-refractivity contribution in [3.05, 3.63) is 127 Å². The van der Waals surface area contributed by atoms with Gasteiger partial charge in [-0.2, -0.15) is 0 Å². The Morgan fingerprint density at radius 3 is 2.00 bits per heavy atom. The fraction of sp³-hybridized carbons (Fsp3) is 0. The number of fused-ring (bicyclic) bond motifs is 6. The largest absolute Gasteiger partial charge is 0.309 e. The second kappa shape index (κ2) is 7.08. The zero-order valence-electron chi connectivity index (χ0n) is 18.1. The van der Waals surface area contributed by atoms with Crippen LogP contribution in [-0.4, -0.2) is 4.57 Å². The molecule has 0 saturated heterocycles. The van der Waals surface area contributed by atoms with Crippen molar-refractivity contribution < 1.29 is 0 Å².